The Morgan fingerprint density at radius 1 is 0.927 bits per heavy atom. The summed E-state index contributed by atoms with van der Waals surface area (Å²) in [7, 11) is 3.38. The van der Waals surface area contributed by atoms with Gasteiger partial charge in [0.2, 0.25) is 5.82 Å². The van der Waals surface area contributed by atoms with E-state index in [0.717, 1.165) is 16.6 Å². The van der Waals surface area contributed by atoms with Crippen molar-refractivity contribution in [3.8, 4) is 11.4 Å². The van der Waals surface area contributed by atoms with Gasteiger partial charge in [-0.2, -0.15) is 0 Å². The monoisotopic (exact) mass is 553 g/mol. The van der Waals surface area contributed by atoms with Gasteiger partial charge in [-0.25, -0.2) is 14.8 Å². The molecule has 0 aliphatic carbocycles. The van der Waals surface area contributed by atoms with Gasteiger partial charge in [0.1, 0.15) is 23.9 Å². The van der Waals surface area contributed by atoms with Gasteiger partial charge >= 0.3 is 6.09 Å². The molecule has 0 aliphatic heterocycles. The third-order valence-corrected chi connectivity index (χ3v) is 6.07. The number of H-pyrrole nitrogens is 1. The maximum Gasteiger partial charge on any atom is 0.411 e. The minimum atomic E-state index is -0.576. The summed E-state index contributed by atoms with van der Waals surface area (Å²) in [5.74, 6) is 0.227. The highest BCUT2D eigenvalue weighted by molar-refractivity contribution is 6.06. The van der Waals surface area contributed by atoms with E-state index in [1.165, 1.54) is 10.6 Å². The van der Waals surface area contributed by atoms with Crippen molar-refractivity contribution in [1.29, 1.82) is 0 Å². The van der Waals surface area contributed by atoms with Gasteiger partial charge in [0.05, 0.1) is 16.7 Å². The number of benzene rings is 2. The molecule has 0 spiro atoms. The van der Waals surface area contributed by atoms with Crippen LogP contribution in [0.1, 0.15) is 21.1 Å². The number of amides is 3. The van der Waals surface area contributed by atoms with Gasteiger partial charge in [-0.1, -0.05) is 12.7 Å². The standard InChI is InChI=1S/C28H27N9O4/c1-4-11-41-28(40)32-18-9-10-20-21(12-18)34-24(33-20)16-5-7-17(8-6-16)30-26(38)22-13-19(14-36(22)2)31-27(39)25-35-23(29)15-37(25)3/h4-10,12-15H,1,11,29H2,2-3H3,(H,30,38)(H,31,39)(H,32,40)(H,33,34). The Hall–Kier alpha value is -5.85. The summed E-state index contributed by atoms with van der Waals surface area (Å²) in [6, 6.07) is 14.0. The number of hydrogen-bond donors (Lipinski definition) is 5. The molecule has 6 N–H and O–H groups in total. The number of nitrogens with one attached hydrogen (secondary N) is 4. The molecule has 5 aromatic rings. The van der Waals surface area contributed by atoms with Crippen LogP contribution in [0.5, 0.6) is 0 Å². The molecule has 3 heterocycles. The van der Waals surface area contributed by atoms with Crippen molar-refractivity contribution in [3.05, 3.63) is 85.1 Å². The molecular formula is C28H27N9O4. The second kappa shape index (κ2) is 11.1. The van der Waals surface area contributed by atoms with E-state index in [9.17, 15) is 14.4 Å². The number of ether oxygens (including phenoxy) is 1. The van der Waals surface area contributed by atoms with Crippen molar-refractivity contribution in [2.75, 3.05) is 28.3 Å². The van der Waals surface area contributed by atoms with Crippen LogP contribution in [0.3, 0.4) is 0 Å². The molecule has 13 nitrogen and oxygen atoms in total. The Labute approximate surface area is 234 Å². The first kappa shape index (κ1) is 26.7. The number of carbonyl (C=O) groups excluding carboxylic acids is 3. The average Bonchev–Trinajstić information content (AvgIpc) is 3.63. The third-order valence-electron chi connectivity index (χ3n) is 6.07. The fraction of sp³-hybridized carbons (Fsp3) is 0.107. The second-order valence-electron chi connectivity index (χ2n) is 9.14. The number of carbonyl (C=O) groups is 3. The second-order valence-corrected chi connectivity index (χ2v) is 9.14. The normalized spacial score (nSPS) is 10.8. The summed E-state index contributed by atoms with van der Waals surface area (Å²) >= 11 is 0. The number of anilines is 4. The molecule has 3 amide bonds. The minimum absolute atomic E-state index is 0.117. The first-order chi connectivity index (χ1) is 19.7. The molecule has 0 saturated heterocycles. The number of aryl methyl sites for hydroxylation is 2. The molecule has 0 fully saturated rings. The molecule has 5 rings (SSSR count). The van der Waals surface area contributed by atoms with Crippen molar-refractivity contribution < 1.29 is 19.1 Å². The van der Waals surface area contributed by atoms with Gasteiger partial charge in [-0.15, -0.1) is 0 Å². The van der Waals surface area contributed by atoms with Crippen molar-refractivity contribution in [2.45, 2.75) is 0 Å². The highest BCUT2D eigenvalue weighted by atomic mass is 16.5. The number of aromatic nitrogens is 5. The van der Waals surface area contributed by atoms with E-state index in [2.05, 4.69) is 37.5 Å². The minimum Gasteiger partial charge on any atom is -0.445 e. The summed E-state index contributed by atoms with van der Waals surface area (Å²) in [5.41, 5.74) is 9.84. The number of aromatic amines is 1. The Morgan fingerprint density at radius 3 is 2.37 bits per heavy atom. The topological polar surface area (TPSA) is 174 Å². The molecule has 0 bridgehead atoms. The van der Waals surface area contributed by atoms with Crippen LogP contribution in [0.15, 0.2) is 73.6 Å². The summed E-state index contributed by atoms with van der Waals surface area (Å²) in [5, 5.41) is 8.25. The van der Waals surface area contributed by atoms with Crippen molar-refractivity contribution in [1.82, 2.24) is 24.1 Å². The number of nitrogens with zero attached hydrogens (tertiary/aromatic N) is 4. The Morgan fingerprint density at radius 2 is 1.66 bits per heavy atom. The predicted octanol–water partition coefficient (Wildman–Crippen LogP) is 4.12. The Bertz CT molecular complexity index is 1780. The maximum absolute atomic E-state index is 13.0. The van der Waals surface area contributed by atoms with Crippen LogP contribution >= 0.6 is 0 Å². The van der Waals surface area contributed by atoms with Crippen LogP contribution in [0.2, 0.25) is 0 Å². The number of fused-ring (bicyclic) bond motifs is 1. The SMILES string of the molecule is C=CCOC(=O)Nc1ccc2nc(-c3ccc(NC(=O)c4cc(NC(=O)c5nc(N)cn5C)cn4C)cc3)[nH]c2c1. The number of hydrogen-bond acceptors (Lipinski definition) is 7. The van der Waals surface area contributed by atoms with Crippen molar-refractivity contribution >= 4 is 51.8 Å². The maximum atomic E-state index is 13.0. The van der Waals surface area contributed by atoms with E-state index in [1.54, 1.807) is 67.5 Å². The molecule has 2 aromatic carbocycles. The molecule has 13 heteroatoms. The summed E-state index contributed by atoms with van der Waals surface area (Å²) in [4.78, 5) is 49.1. The smallest absolute Gasteiger partial charge is 0.411 e. The van der Waals surface area contributed by atoms with E-state index >= 15 is 0 Å². The lowest BCUT2D eigenvalue weighted by Gasteiger charge is -2.06. The zero-order chi connectivity index (χ0) is 29.1. The summed E-state index contributed by atoms with van der Waals surface area (Å²) in [6.07, 6.45) is 4.09. The summed E-state index contributed by atoms with van der Waals surface area (Å²) < 4.78 is 8.08. The van der Waals surface area contributed by atoms with Crippen LogP contribution in [0.25, 0.3) is 22.4 Å². The molecule has 0 atom stereocenters. The van der Waals surface area contributed by atoms with Gasteiger partial charge in [-0.3, -0.25) is 14.9 Å². The van der Waals surface area contributed by atoms with Crippen molar-refractivity contribution in [3.63, 3.8) is 0 Å². The average molecular weight is 554 g/mol. The number of rotatable bonds is 8. The largest absolute Gasteiger partial charge is 0.445 e. The van der Waals surface area contributed by atoms with E-state index in [4.69, 9.17) is 10.5 Å². The van der Waals surface area contributed by atoms with Crippen LogP contribution < -0.4 is 21.7 Å². The zero-order valence-electron chi connectivity index (χ0n) is 22.3. The highest BCUT2D eigenvalue weighted by Crippen LogP contribution is 2.25. The van der Waals surface area contributed by atoms with Gasteiger partial charge in [0.25, 0.3) is 11.8 Å². The number of imidazole rings is 2. The van der Waals surface area contributed by atoms with Crippen LogP contribution in [-0.4, -0.2) is 48.6 Å². The fourth-order valence-electron chi connectivity index (χ4n) is 4.17. The number of nitrogen functional groups attached to an aromatic ring is 1. The lowest BCUT2D eigenvalue weighted by Crippen LogP contribution is -2.16. The van der Waals surface area contributed by atoms with E-state index in [-0.39, 0.29) is 24.2 Å². The van der Waals surface area contributed by atoms with Crippen LogP contribution in [-0.2, 0) is 18.8 Å². The molecule has 0 aliphatic rings. The zero-order valence-corrected chi connectivity index (χ0v) is 22.3. The lowest BCUT2D eigenvalue weighted by atomic mass is 10.2. The molecule has 0 unspecified atom stereocenters. The van der Waals surface area contributed by atoms with E-state index in [1.807, 2.05) is 12.1 Å². The molecule has 0 radical (unpaired) electrons. The highest BCUT2D eigenvalue weighted by Gasteiger charge is 2.17. The molecule has 41 heavy (non-hydrogen) atoms. The third kappa shape index (κ3) is 5.93. The quantitative estimate of drug-likeness (QED) is 0.180. The molecule has 3 aromatic heterocycles. The van der Waals surface area contributed by atoms with E-state index < -0.39 is 12.0 Å². The molecular weight excluding hydrogens is 526 g/mol. The first-order valence-electron chi connectivity index (χ1n) is 12.4. The molecule has 208 valence electrons. The van der Waals surface area contributed by atoms with E-state index in [0.29, 0.717) is 28.6 Å². The van der Waals surface area contributed by atoms with Gasteiger partial charge in [-0.05, 0) is 48.5 Å². The Balaban J connectivity index is 1.24. The Kier molecular flexibility index (Phi) is 7.24. The number of nitrogens with two attached hydrogens (primary N) is 1. The van der Waals surface area contributed by atoms with Gasteiger partial charge in [0, 0.05) is 43.4 Å². The first-order valence-corrected chi connectivity index (χ1v) is 12.4. The summed E-state index contributed by atoms with van der Waals surface area (Å²) in [6.45, 7) is 3.63. The van der Waals surface area contributed by atoms with Crippen LogP contribution in [0.4, 0.5) is 27.7 Å². The lowest BCUT2D eigenvalue weighted by molar-refractivity contribution is 0.100. The van der Waals surface area contributed by atoms with Crippen molar-refractivity contribution in [2.24, 2.45) is 14.1 Å². The fourth-order valence-corrected chi connectivity index (χ4v) is 4.17. The molecule has 0 saturated carbocycles. The van der Waals surface area contributed by atoms with Gasteiger partial charge < -0.3 is 35.2 Å². The van der Waals surface area contributed by atoms with Gasteiger partial charge in [0.15, 0.2) is 0 Å². The predicted molar refractivity (Wildman–Crippen MR) is 156 cm³/mol. The van der Waals surface area contributed by atoms with Crippen LogP contribution in [0, 0.1) is 0 Å².